The second kappa shape index (κ2) is 6.28. The summed E-state index contributed by atoms with van der Waals surface area (Å²) in [5.41, 5.74) is 7.26. The van der Waals surface area contributed by atoms with Crippen LogP contribution in [0.1, 0.15) is 22.4 Å². The number of halogens is 1. The number of nitrogens with zero attached hydrogens (tertiary/aromatic N) is 2. The van der Waals surface area contributed by atoms with Crippen molar-refractivity contribution in [1.29, 1.82) is 0 Å². The van der Waals surface area contributed by atoms with Crippen LogP contribution in [0.2, 0.25) is 0 Å². The molecule has 2 aromatic heterocycles. The van der Waals surface area contributed by atoms with E-state index >= 15 is 0 Å². The zero-order valence-electron chi connectivity index (χ0n) is 14.4. The summed E-state index contributed by atoms with van der Waals surface area (Å²) in [5.74, 6) is -0.227. The highest BCUT2D eigenvalue weighted by molar-refractivity contribution is 7.07. The fraction of sp³-hybridized carbons (Fsp3) is 0.0909. The largest absolute Gasteiger partial charge is 0.281 e. The fourth-order valence-electron chi connectivity index (χ4n) is 3.85. The highest BCUT2D eigenvalue weighted by Crippen LogP contribution is 2.43. The number of aromatic amines is 1. The Hall–Kier alpha value is -3.05. The maximum atomic E-state index is 14.0. The van der Waals surface area contributed by atoms with Crippen molar-refractivity contribution in [3.63, 3.8) is 0 Å². The molecule has 1 aliphatic carbocycles. The maximum Gasteiger partial charge on any atom is 0.123 e. The van der Waals surface area contributed by atoms with Crippen LogP contribution >= 0.6 is 11.3 Å². The highest BCUT2D eigenvalue weighted by Gasteiger charge is 2.36. The van der Waals surface area contributed by atoms with E-state index in [2.05, 4.69) is 39.5 Å². The van der Waals surface area contributed by atoms with E-state index in [4.69, 9.17) is 0 Å². The predicted molar refractivity (Wildman–Crippen MR) is 106 cm³/mol. The number of aromatic nitrogens is 3. The Bertz CT molecular complexity index is 1120. The first-order chi connectivity index (χ1) is 13.3. The van der Waals surface area contributed by atoms with E-state index in [0.717, 1.165) is 33.8 Å². The average Bonchev–Trinajstić information content (AvgIpc) is 3.37. The van der Waals surface area contributed by atoms with E-state index in [-0.39, 0.29) is 5.82 Å². The summed E-state index contributed by atoms with van der Waals surface area (Å²) in [7, 11) is 0. The number of fused-ring (bicyclic) bond motifs is 1. The van der Waals surface area contributed by atoms with Crippen LogP contribution in [0.5, 0.6) is 0 Å². The van der Waals surface area contributed by atoms with Crippen molar-refractivity contribution >= 4 is 17.4 Å². The molecule has 1 unspecified atom stereocenters. The van der Waals surface area contributed by atoms with E-state index in [1.54, 1.807) is 23.5 Å². The van der Waals surface area contributed by atoms with E-state index < -0.39 is 5.41 Å². The topological polar surface area (TPSA) is 41.6 Å². The number of hydrogen-bond donors (Lipinski definition) is 1. The lowest BCUT2D eigenvalue weighted by atomic mass is 9.68. The lowest BCUT2D eigenvalue weighted by molar-refractivity contribution is 0.594. The van der Waals surface area contributed by atoms with Crippen LogP contribution < -0.4 is 0 Å². The van der Waals surface area contributed by atoms with Crippen molar-refractivity contribution in [3.05, 3.63) is 99.8 Å². The van der Waals surface area contributed by atoms with Gasteiger partial charge in [-0.05, 0) is 23.3 Å². The lowest BCUT2D eigenvalue weighted by Crippen LogP contribution is -2.30. The molecule has 1 aliphatic rings. The van der Waals surface area contributed by atoms with Gasteiger partial charge in [0, 0.05) is 28.5 Å². The van der Waals surface area contributed by atoms with Gasteiger partial charge in [-0.3, -0.25) is 5.10 Å². The summed E-state index contributed by atoms with van der Waals surface area (Å²) in [5, 5.41) is 9.69. The van der Waals surface area contributed by atoms with Crippen molar-refractivity contribution in [2.45, 2.75) is 11.8 Å². The second-order valence-electron chi connectivity index (χ2n) is 6.70. The van der Waals surface area contributed by atoms with Gasteiger partial charge in [-0.2, -0.15) is 5.10 Å². The zero-order valence-corrected chi connectivity index (χ0v) is 15.2. The molecule has 0 saturated carbocycles. The van der Waals surface area contributed by atoms with Gasteiger partial charge in [-0.15, -0.1) is 11.3 Å². The Labute approximate surface area is 160 Å². The van der Waals surface area contributed by atoms with Crippen LogP contribution in [0.4, 0.5) is 4.39 Å². The molecule has 0 saturated heterocycles. The van der Waals surface area contributed by atoms with Crippen molar-refractivity contribution < 1.29 is 4.39 Å². The minimum absolute atomic E-state index is 0.227. The molecule has 2 heterocycles. The SMILES string of the molecule is Fc1cccc(C2(c3ccccc3)C=Cc3c(-c4cscn4)n[nH]c3C2)c1. The molecule has 0 bridgehead atoms. The molecular weight excluding hydrogens is 357 g/mol. The molecular formula is C22H16FN3S. The summed E-state index contributed by atoms with van der Waals surface area (Å²) >= 11 is 1.55. The predicted octanol–water partition coefficient (Wildman–Crippen LogP) is 5.23. The molecule has 0 fully saturated rings. The lowest BCUT2D eigenvalue weighted by Gasteiger charge is -2.34. The van der Waals surface area contributed by atoms with Crippen molar-refractivity contribution in [2.75, 3.05) is 0 Å². The van der Waals surface area contributed by atoms with Gasteiger partial charge in [0.1, 0.15) is 17.2 Å². The van der Waals surface area contributed by atoms with Crippen LogP contribution in [0.3, 0.4) is 0 Å². The number of allylic oxidation sites excluding steroid dienone is 1. The third-order valence-electron chi connectivity index (χ3n) is 5.18. The van der Waals surface area contributed by atoms with Gasteiger partial charge in [0.25, 0.3) is 0 Å². The van der Waals surface area contributed by atoms with Gasteiger partial charge in [0.15, 0.2) is 0 Å². The van der Waals surface area contributed by atoms with E-state index in [1.165, 1.54) is 6.07 Å². The number of nitrogens with one attached hydrogen (secondary N) is 1. The molecule has 5 rings (SSSR count). The van der Waals surface area contributed by atoms with E-state index in [1.807, 2.05) is 35.2 Å². The quantitative estimate of drug-likeness (QED) is 0.534. The molecule has 0 radical (unpaired) electrons. The van der Waals surface area contributed by atoms with E-state index in [0.29, 0.717) is 6.42 Å². The summed E-state index contributed by atoms with van der Waals surface area (Å²) < 4.78 is 14.0. The van der Waals surface area contributed by atoms with Crippen LogP contribution in [0.15, 0.2) is 71.6 Å². The van der Waals surface area contributed by atoms with Crippen LogP contribution in [0, 0.1) is 5.82 Å². The fourth-order valence-corrected chi connectivity index (χ4v) is 4.39. The van der Waals surface area contributed by atoms with Crippen LogP contribution in [-0.4, -0.2) is 15.2 Å². The number of H-pyrrole nitrogens is 1. The molecule has 1 N–H and O–H groups in total. The number of hydrogen-bond acceptors (Lipinski definition) is 3. The number of benzene rings is 2. The van der Waals surface area contributed by atoms with Crippen LogP contribution in [0.25, 0.3) is 17.5 Å². The summed E-state index contributed by atoms with van der Waals surface area (Å²) in [4.78, 5) is 4.38. The molecule has 0 amide bonds. The van der Waals surface area contributed by atoms with Gasteiger partial charge < -0.3 is 0 Å². The van der Waals surface area contributed by atoms with Gasteiger partial charge in [-0.25, -0.2) is 9.37 Å². The molecule has 0 aliphatic heterocycles. The minimum Gasteiger partial charge on any atom is -0.281 e. The third-order valence-corrected chi connectivity index (χ3v) is 5.76. The molecule has 0 spiro atoms. The first kappa shape index (κ1) is 16.1. The van der Waals surface area contributed by atoms with Gasteiger partial charge >= 0.3 is 0 Å². The summed E-state index contributed by atoms with van der Waals surface area (Å²) in [6.45, 7) is 0. The summed E-state index contributed by atoms with van der Waals surface area (Å²) in [6, 6.07) is 17.1. The molecule has 132 valence electrons. The van der Waals surface area contributed by atoms with Crippen molar-refractivity contribution in [3.8, 4) is 11.4 Å². The van der Waals surface area contributed by atoms with Gasteiger partial charge in [0.05, 0.1) is 5.51 Å². The first-order valence-corrected chi connectivity index (χ1v) is 9.67. The molecule has 1 atom stereocenters. The molecule has 5 heteroatoms. The second-order valence-corrected chi connectivity index (χ2v) is 7.41. The Morgan fingerprint density at radius 3 is 2.67 bits per heavy atom. The summed E-state index contributed by atoms with van der Waals surface area (Å²) in [6.07, 6.45) is 4.95. The Morgan fingerprint density at radius 1 is 1.04 bits per heavy atom. The zero-order chi connectivity index (χ0) is 18.3. The number of thiazole rings is 1. The Balaban J connectivity index is 1.68. The molecule has 2 aromatic carbocycles. The average molecular weight is 373 g/mol. The van der Waals surface area contributed by atoms with Crippen molar-refractivity contribution in [2.24, 2.45) is 0 Å². The monoisotopic (exact) mass is 373 g/mol. The number of rotatable bonds is 3. The minimum atomic E-state index is -0.442. The third kappa shape index (κ3) is 2.62. The molecule has 27 heavy (non-hydrogen) atoms. The van der Waals surface area contributed by atoms with Crippen molar-refractivity contribution in [1.82, 2.24) is 15.2 Å². The Morgan fingerprint density at radius 2 is 1.89 bits per heavy atom. The molecule has 3 nitrogen and oxygen atoms in total. The van der Waals surface area contributed by atoms with Gasteiger partial charge in [-0.1, -0.05) is 54.6 Å². The standard InChI is InChI=1S/C22H16FN3S/c23-17-8-4-7-16(11-17)22(15-5-2-1-3-6-15)10-9-18-19(12-22)25-26-21(18)20-13-27-14-24-20/h1-11,13-14H,12H2,(H,25,26). The van der Waals surface area contributed by atoms with Gasteiger partial charge in [0.2, 0.25) is 0 Å². The highest BCUT2D eigenvalue weighted by atomic mass is 32.1. The smallest absolute Gasteiger partial charge is 0.123 e. The Kier molecular flexibility index (Phi) is 3.76. The van der Waals surface area contributed by atoms with E-state index in [9.17, 15) is 4.39 Å². The first-order valence-electron chi connectivity index (χ1n) is 8.73. The molecule has 4 aromatic rings. The van der Waals surface area contributed by atoms with Crippen LogP contribution in [-0.2, 0) is 11.8 Å². The normalized spacial score (nSPS) is 18.4. The maximum absolute atomic E-state index is 14.0.